The number of hydrogen-bond acceptors (Lipinski definition) is 3. The first-order valence-corrected chi connectivity index (χ1v) is 8.21. The minimum atomic E-state index is -0.725. The number of piperidine rings is 1. The molecule has 1 saturated carbocycles. The van der Waals surface area contributed by atoms with E-state index >= 15 is 0 Å². The van der Waals surface area contributed by atoms with Crippen molar-refractivity contribution in [2.24, 2.45) is 5.92 Å². The van der Waals surface area contributed by atoms with Crippen LogP contribution in [0.4, 0.5) is 0 Å². The van der Waals surface area contributed by atoms with Crippen LogP contribution in [0.1, 0.15) is 58.3 Å². The first-order valence-electron chi connectivity index (χ1n) is 8.21. The van der Waals surface area contributed by atoms with Crippen molar-refractivity contribution >= 4 is 5.91 Å². The largest absolute Gasteiger partial charge is 0.389 e. The van der Waals surface area contributed by atoms with Crippen molar-refractivity contribution in [1.82, 2.24) is 4.90 Å². The van der Waals surface area contributed by atoms with Crippen LogP contribution in [0, 0.1) is 5.92 Å². The summed E-state index contributed by atoms with van der Waals surface area (Å²) in [6.45, 7) is 5.26. The van der Waals surface area contributed by atoms with Gasteiger partial charge in [0.2, 0.25) is 5.91 Å². The summed E-state index contributed by atoms with van der Waals surface area (Å²) in [6, 6.07) is 0. The Kier molecular flexibility index (Phi) is 5.85. The zero-order valence-corrected chi connectivity index (χ0v) is 12.8. The van der Waals surface area contributed by atoms with E-state index in [9.17, 15) is 9.90 Å². The maximum atomic E-state index is 12.3. The molecule has 0 atom stereocenters. The fourth-order valence-corrected chi connectivity index (χ4v) is 3.41. The molecule has 2 aliphatic rings. The van der Waals surface area contributed by atoms with E-state index < -0.39 is 5.60 Å². The van der Waals surface area contributed by atoms with Gasteiger partial charge in [-0.1, -0.05) is 19.3 Å². The molecule has 4 nitrogen and oxygen atoms in total. The normalized spacial score (nSPS) is 23.8. The maximum absolute atomic E-state index is 12.3. The average molecular weight is 283 g/mol. The number of nitrogens with zero attached hydrogens (tertiary/aromatic N) is 1. The van der Waals surface area contributed by atoms with Crippen LogP contribution in [0.5, 0.6) is 0 Å². The van der Waals surface area contributed by atoms with Crippen LogP contribution in [-0.2, 0) is 9.53 Å². The first kappa shape index (κ1) is 15.8. The number of aliphatic hydroxyl groups is 1. The van der Waals surface area contributed by atoms with Crippen molar-refractivity contribution in [2.75, 3.05) is 26.3 Å². The van der Waals surface area contributed by atoms with Gasteiger partial charge in [-0.2, -0.15) is 0 Å². The van der Waals surface area contributed by atoms with Crippen molar-refractivity contribution in [3.63, 3.8) is 0 Å². The maximum Gasteiger partial charge on any atom is 0.225 e. The minimum Gasteiger partial charge on any atom is -0.389 e. The number of carbonyl (C=O) groups is 1. The molecule has 2 fully saturated rings. The van der Waals surface area contributed by atoms with E-state index in [-0.39, 0.29) is 5.91 Å². The zero-order chi connectivity index (χ0) is 14.4. The first-order chi connectivity index (χ1) is 9.63. The van der Waals surface area contributed by atoms with Crippen molar-refractivity contribution < 1.29 is 14.6 Å². The Labute approximate surface area is 122 Å². The van der Waals surface area contributed by atoms with Gasteiger partial charge in [-0.25, -0.2) is 0 Å². The standard InChI is InChI=1S/C16H29NO3/c1-2-20-13-14-6-10-17(11-7-14)15(18)12-16(19)8-4-3-5-9-16/h14,19H,2-13H2,1H3. The van der Waals surface area contributed by atoms with E-state index in [0.29, 0.717) is 12.3 Å². The predicted octanol–water partition coefficient (Wildman–Crippen LogP) is 2.35. The van der Waals surface area contributed by atoms with Gasteiger partial charge in [-0.15, -0.1) is 0 Å². The molecule has 4 heteroatoms. The van der Waals surface area contributed by atoms with Crippen LogP contribution in [0.25, 0.3) is 0 Å². The molecule has 116 valence electrons. The Morgan fingerprint density at radius 3 is 2.50 bits per heavy atom. The fraction of sp³-hybridized carbons (Fsp3) is 0.938. The van der Waals surface area contributed by atoms with E-state index in [1.807, 2.05) is 11.8 Å². The average Bonchev–Trinajstić information content (AvgIpc) is 2.46. The van der Waals surface area contributed by atoms with Gasteiger partial charge in [-0.3, -0.25) is 4.79 Å². The van der Waals surface area contributed by atoms with Crippen molar-refractivity contribution in [3.05, 3.63) is 0 Å². The molecule has 1 heterocycles. The molecule has 0 bridgehead atoms. The quantitative estimate of drug-likeness (QED) is 0.842. The molecule has 0 aromatic rings. The summed E-state index contributed by atoms with van der Waals surface area (Å²) >= 11 is 0. The van der Waals surface area contributed by atoms with Gasteiger partial charge in [0.25, 0.3) is 0 Å². The van der Waals surface area contributed by atoms with E-state index in [1.165, 1.54) is 6.42 Å². The summed E-state index contributed by atoms with van der Waals surface area (Å²) in [5.41, 5.74) is -0.725. The molecule has 1 amide bonds. The molecule has 1 N–H and O–H groups in total. The monoisotopic (exact) mass is 283 g/mol. The number of likely N-dealkylation sites (tertiary alicyclic amines) is 1. The Morgan fingerprint density at radius 2 is 1.90 bits per heavy atom. The van der Waals surface area contributed by atoms with Crippen LogP contribution >= 0.6 is 0 Å². The number of amides is 1. The van der Waals surface area contributed by atoms with Crippen LogP contribution in [0.15, 0.2) is 0 Å². The Hall–Kier alpha value is -0.610. The Morgan fingerprint density at radius 1 is 1.25 bits per heavy atom. The number of rotatable bonds is 5. The number of carbonyl (C=O) groups excluding carboxylic acids is 1. The highest BCUT2D eigenvalue weighted by atomic mass is 16.5. The second-order valence-corrected chi connectivity index (χ2v) is 6.45. The van der Waals surface area contributed by atoms with Crippen molar-refractivity contribution in [2.45, 2.75) is 63.9 Å². The highest BCUT2D eigenvalue weighted by Gasteiger charge is 2.34. The van der Waals surface area contributed by atoms with Gasteiger partial charge < -0.3 is 14.7 Å². The summed E-state index contributed by atoms with van der Waals surface area (Å²) < 4.78 is 5.46. The van der Waals surface area contributed by atoms with E-state index in [4.69, 9.17) is 4.74 Å². The van der Waals surface area contributed by atoms with Gasteiger partial charge in [-0.05, 0) is 38.5 Å². The van der Waals surface area contributed by atoms with Crippen LogP contribution in [0.2, 0.25) is 0 Å². The minimum absolute atomic E-state index is 0.143. The third-order valence-electron chi connectivity index (χ3n) is 4.79. The molecule has 0 radical (unpaired) electrons. The van der Waals surface area contributed by atoms with E-state index in [1.54, 1.807) is 0 Å². The molecule has 2 rings (SSSR count). The highest BCUT2D eigenvalue weighted by Crippen LogP contribution is 2.31. The van der Waals surface area contributed by atoms with Gasteiger partial charge in [0.1, 0.15) is 0 Å². The summed E-state index contributed by atoms with van der Waals surface area (Å²) in [5, 5.41) is 10.5. The van der Waals surface area contributed by atoms with Gasteiger partial charge in [0.15, 0.2) is 0 Å². The third kappa shape index (κ3) is 4.45. The summed E-state index contributed by atoms with van der Waals surface area (Å²) in [5.74, 6) is 0.737. The highest BCUT2D eigenvalue weighted by molar-refractivity contribution is 5.77. The fourth-order valence-electron chi connectivity index (χ4n) is 3.41. The summed E-state index contributed by atoms with van der Waals surface area (Å²) in [4.78, 5) is 14.3. The predicted molar refractivity (Wildman–Crippen MR) is 78.4 cm³/mol. The van der Waals surface area contributed by atoms with Gasteiger partial charge in [0, 0.05) is 26.3 Å². The molecule has 1 saturated heterocycles. The van der Waals surface area contributed by atoms with Crippen LogP contribution < -0.4 is 0 Å². The molecule has 0 unspecified atom stereocenters. The Bertz CT molecular complexity index is 305. The zero-order valence-electron chi connectivity index (χ0n) is 12.8. The lowest BCUT2D eigenvalue weighted by molar-refractivity contribution is -0.139. The van der Waals surface area contributed by atoms with Crippen molar-refractivity contribution in [1.29, 1.82) is 0 Å². The topological polar surface area (TPSA) is 49.8 Å². The van der Waals surface area contributed by atoms with E-state index in [2.05, 4.69) is 0 Å². The smallest absolute Gasteiger partial charge is 0.225 e. The number of ether oxygens (including phenoxy) is 1. The van der Waals surface area contributed by atoms with E-state index in [0.717, 1.165) is 64.8 Å². The molecular weight excluding hydrogens is 254 g/mol. The third-order valence-corrected chi connectivity index (χ3v) is 4.79. The lowest BCUT2D eigenvalue weighted by atomic mass is 9.82. The molecular formula is C16H29NO3. The Balaban J connectivity index is 1.74. The van der Waals surface area contributed by atoms with Crippen LogP contribution in [0.3, 0.4) is 0 Å². The summed E-state index contributed by atoms with van der Waals surface area (Å²) in [6.07, 6.45) is 7.27. The lowest BCUT2D eigenvalue weighted by Crippen LogP contribution is -2.44. The second-order valence-electron chi connectivity index (χ2n) is 6.45. The van der Waals surface area contributed by atoms with Gasteiger partial charge in [0.05, 0.1) is 12.0 Å². The lowest BCUT2D eigenvalue weighted by Gasteiger charge is -2.36. The molecule has 0 aromatic carbocycles. The molecule has 1 aliphatic heterocycles. The summed E-state index contributed by atoms with van der Waals surface area (Å²) in [7, 11) is 0. The van der Waals surface area contributed by atoms with Gasteiger partial charge >= 0.3 is 0 Å². The SMILES string of the molecule is CCOCC1CCN(C(=O)CC2(O)CCCCC2)CC1. The number of hydrogen-bond donors (Lipinski definition) is 1. The molecule has 1 aliphatic carbocycles. The molecule has 20 heavy (non-hydrogen) atoms. The molecule has 0 aromatic heterocycles. The second kappa shape index (κ2) is 7.41. The van der Waals surface area contributed by atoms with Crippen LogP contribution in [-0.4, -0.2) is 47.8 Å². The molecule has 0 spiro atoms. The van der Waals surface area contributed by atoms with Crippen molar-refractivity contribution in [3.8, 4) is 0 Å².